The van der Waals surface area contributed by atoms with Gasteiger partial charge in [0.2, 0.25) is 11.9 Å². The van der Waals surface area contributed by atoms with Crippen molar-refractivity contribution in [2.75, 3.05) is 17.2 Å². The first kappa shape index (κ1) is 18.0. The number of carbonyl (C=O) groups is 2. The van der Waals surface area contributed by atoms with E-state index in [2.05, 4.69) is 20.7 Å². The molecular weight excluding hydrogens is 382 g/mol. The Morgan fingerprint density at radius 2 is 2.11 bits per heavy atom. The van der Waals surface area contributed by atoms with E-state index in [-0.39, 0.29) is 30.9 Å². The highest BCUT2D eigenvalue weighted by Gasteiger charge is 2.27. The van der Waals surface area contributed by atoms with Crippen molar-refractivity contribution in [3.63, 3.8) is 0 Å². The van der Waals surface area contributed by atoms with E-state index in [9.17, 15) is 9.59 Å². The van der Waals surface area contributed by atoms with Crippen molar-refractivity contribution in [2.24, 2.45) is 0 Å². The number of carbonyl (C=O) groups excluding carboxylic acids is 2. The molecule has 4 rings (SSSR count). The monoisotopic (exact) mass is 397 g/mol. The maximum absolute atomic E-state index is 12.1. The second-order valence-corrected chi connectivity index (χ2v) is 6.65. The molecule has 9 heteroatoms. The van der Waals surface area contributed by atoms with Gasteiger partial charge in [-0.15, -0.1) is 0 Å². The lowest BCUT2D eigenvalue weighted by molar-refractivity contribution is -0.118. The number of benzene rings is 2. The zero-order valence-electron chi connectivity index (χ0n) is 14.6. The summed E-state index contributed by atoms with van der Waals surface area (Å²) in [5.74, 6) is 0.522. The number of nitrogens with one attached hydrogen (secondary N) is 2. The van der Waals surface area contributed by atoms with Crippen molar-refractivity contribution < 1.29 is 14.3 Å². The van der Waals surface area contributed by atoms with Crippen LogP contribution < -0.4 is 15.4 Å². The number of ether oxygens (including phenoxy) is 1. The Balaban J connectivity index is 1.42. The molecule has 0 saturated carbocycles. The van der Waals surface area contributed by atoms with Gasteiger partial charge in [0.1, 0.15) is 12.1 Å². The number of rotatable bonds is 5. The predicted octanol–water partition coefficient (Wildman–Crippen LogP) is 2.88. The molecule has 2 N–H and O–H groups in total. The van der Waals surface area contributed by atoms with Crippen LogP contribution >= 0.6 is 11.6 Å². The van der Waals surface area contributed by atoms with E-state index in [1.54, 1.807) is 41.1 Å². The Morgan fingerprint density at radius 3 is 2.93 bits per heavy atom. The number of aromatic nitrogens is 3. The van der Waals surface area contributed by atoms with Crippen molar-refractivity contribution in [1.82, 2.24) is 14.8 Å². The lowest BCUT2D eigenvalue weighted by Gasteiger charge is -2.24. The first-order valence-electron chi connectivity index (χ1n) is 8.56. The topological polar surface area (TPSA) is 98.1 Å². The van der Waals surface area contributed by atoms with Crippen LogP contribution in [0.2, 0.25) is 5.02 Å². The van der Waals surface area contributed by atoms with Crippen LogP contribution in [-0.2, 0) is 9.59 Å². The summed E-state index contributed by atoms with van der Waals surface area (Å²) in [7, 11) is 0. The van der Waals surface area contributed by atoms with Crippen LogP contribution in [0.3, 0.4) is 0 Å². The van der Waals surface area contributed by atoms with Gasteiger partial charge in [-0.25, -0.2) is 4.68 Å². The van der Waals surface area contributed by atoms with Crippen LogP contribution in [0.25, 0.3) is 0 Å². The van der Waals surface area contributed by atoms with Gasteiger partial charge >= 0.3 is 0 Å². The molecule has 142 valence electrons. The van der Waals surface area contributed by atoms with Gasteiger partial charge in [0.05, 0.1) is 12.5 Å². The van der Waals surface area contributed by atoms with E-state index in [1.807, 2.05) is 12.1 Å². The first-order chi connectivity index (χ1) is 13.6. The number of anilines is 2. The summed E-state index contributed by atoms with van der Waals surface area (Å²) in [6.07, 6.45) is 1.65. The standard InChI is InChI=1S/C19H16ClN5O3/c20-13-4-6-14(7-5-13)23-18(27)10-28-15-3-1-2-12(8-15)16-9-17(26)24-19-21-11-22-25(16)19/h1-8,11,16H,9-10H2,(H,23,27)(H,21,22,24,26)/t16-/m1/s1. The number of halogens is 1. The first-order valence-corrected chi connectivity index (χ1v) is 8.94. The lowest BCUT2D eigenvalue weighted by Crippen LogP contribution is -2.29. The summed E-state index contributed by atoms with van der Waals surface area (Å²) in [6, 6.07) is 13.8. The highest BCUT2D eigenvalue weighted by molar-refractivity contribution is 6.30. The molecule has 1 aromatic heterocycles. The van der Waals surface area contributed by atoms with E-state index < -0.39 is 0 Å². The van der Waals surface area contributed by atoms with E-state index in [0.29, 0.717) is 22.4 Å². The van der Waals surface area contributed by atoms with Gasteiger partial charge in [-0.1, -0.05) is 23.7 Å². The Bertz CT molecular complexity index is 1020. The molecule has 1 aliphatic heterocycles. The largest absolute Gasteiger partial charge is 0.484 e. The summed E-state index contributed by atoms with van der Waals surface area (Å²) in [5, 5.41) is 10.2. The van der Waals surface area contributed by atoms with Crippen molar-refractivity contribution in [2.45, 2.75) is 12.5 Å². The molecule has 1 aliphatic rings. The van der Waals surface area contributed by atoms with Crippen molar-refractivity contribution in [1.29, 1.82) is 0 Å². The van der Waals surface area contributed by atoms with Gasteiger partial charge < -0.3 is 10.1 Å². The zero-order chi connectivity index (χ0) is 19.5. The SMILES string of the molecule is O=C(COc1cccc([C@H]2CC(=O)Nc3ncnn32)c1)Nc1ccc(Cl)cc1. The van der Waals surface area contributed by atoms with Crippen LogP contribution in [0.1, 0.15) is 18.0 Å². The highest BCUT2D eigenvalue weighted by Crippen LogP contribution is 2.30. The third-order valence-electron chi connectivity index (χ3n) is 4.24. The van der Waals surface area contributed by atoms with Crippen LogP contribution in [0.15, 0.2) is 54.9 Å². The normalized spacial score (nSPS) is 15.5. The lowest BCUT2D eigenvalue weighted by atomic mass is 10.0. The Hall–Kier alpha value is -3.39. The fourth-order valence-electron chi connectivity index (χ4n) is 2.96. The molecule has 0 bridgehead atoms. The average molecular weight is 398 g/mol. The number of fused-ring (bicyclic) bond motifs is 1. The van der Waals surface area contributed by atoms with E-state index in [0.717, 1.165) is 5.56 Å². The smallest absolute Gasteiger partial charge is 0.262 e. The molecule has 0 unspecified atom stereocenters. The quantitative estimate of drug-likeness (QED) is 0.689. The third kappa shape index (κ3) is 3.96. The molecule has 0 fully saturated rings. The summed E-state index contributed by atoms with van der Waals surface area (Å²) in [6.45, 7) is -0.147. The minimum atomic E-state index is -0.289. The summed E-state index contributed by atoms with van der Waals surface area (Å²) < 4.78 is 7.27. The van der Waals surface area contributed by atoms with Crippen molar-refractivity contribution >= 4 is 35.1 Å². The third-order valence-corrected chi connectivity index (χ3v) is 4.49. The van der Waals surface area contributed by atoms with Crippen LogP contribution in [0.4, 0.5) is 11.6 Å². The minimum Gasteiger partial charge on any atom is -0.484 e. The maximum atomic E-state index is 12.1. The molecule has 3 aromatic rings. The summed E-state index contributed by atoms with van der Waals surface area (Å²) in [5.41, 5.74) is 1.48. The van der Waals surface area contributed by atoms with E-state index >= 15 is 0 Å². The fraction of sp³-hybridized carbons (Fsp3) is 0.158. The van der Waals surface area contributed by atoms with Crippen molar-refractivity contribution in [3.8, 4) is 5.75 Å². The zero-order valence-corrected chi connectivity index (χ0v) is 15.4. The second-order valence-electron chi connectivity index (χ2n) is 6.21. The van der Waals surface area contributed by atoms with Crippen LogP contribution in [0.5, 0.6) is 5.75 Å². The fourth-order valence-corrected chi connectivity index (χ4v) is 3.08. The number of nitrogens with zero attached hydrogens (tertiary/aromatic N) is 3. The van der Waals surface area contributed by atoms with Gasteiger partial charge in [0.15, 0.2) is 6.61 Å². The van der Waals surface area contributed by atoms with Gasteiger partial charge in [0, 0.05) is 10.7 Å². The number of amides is 2. The second kappa shape index (κ2) is 7.69. The number of hydrogen-bond acceptors (Lipinski definition) is 5. The molecule has 2 heterocycles. The van der Waals surface area contributed by atoms with E-state index in [4.69, 9.17) is 16.3 Å². The summed E-state index contributed by atoms with van der Waals surface area (Å²) >= 11 is 5.83. The molecule has 2 aromatic carbocycles. The van der Waals surface area contributed by atoms with Gasteiger partial charge in [-0.05, 0) is 42.0 Å². The number of hydrogen-bond donors (Lipinski definition) is 2. The van der Waals surface area contributed by atoms with E-state index in [1.165, 1.54) is 6.33 Å². The minimum absolute atomic E-state index is 0.126. The molecular formula is C19H16ClN5O3. The molecule has 8 nitrogen and oxygen atoms in total. The Labute approximate surface area is 165 Å². The predicted molar refractivity (Wildman–Crippen MR) is 103 cm³/mol. The maximum Gasteiger partial charge on any atom is 0.262 e. The van der Waals surface area contributed by atoms with Gasteiger partial charge in [0.25, 0.3) is 5.91 Å². The highest BCUT2D eigenvalue weighted by atomic mass is 35.5. The molecule has 1 atom stereocenters. The summed E-state index contributed by atoms with van der Waals surface area (Å²) in [4.78, 5) is 28.0. The molecule has 0 radical (unpaired) electrons. The Kier molecular flexibility index (Phi) is 4.94. The van der Waals surface area contributed by atoms with Crippen LogP contribution in [-0.4, -0.2) is 33.2 Å². The van der Waals surface area contributed by atoms with Gasteiger partial charge in [-0.3, -0.25) is 14.9 Å². The van der Waals surface area contributed by atoms with Crippen molar-refractivity contribution in [3.05, 3.63) is 65.4 Å². The molecule has 0 spiro atoms. The van der Waals surface area contributed by atoms with Gasteiger partial charge in [-0.2, -0.15) is 10.1 Å². The molecule has 2 amide bonds. The van der Waals surface area contributed by atoms with Crippen LogP contribution in [0, 0.1) is 0 Å². The average Bonchev–Trinajstić information content (AvgIpc) is 3.16. The Morgan fingerprint density at radius 1 is 1.29 bits per heavy atom. The molecule has 0 saturated heterocycles. The molecule has 0 aliphatic carbocycles. The molecule has 28 heavy (non-hydrogen) atoms.